The summed E-state index contributed by atoms with van der Waals surface area (Å²) in [5.41, 5.74) is 1.76. The number of imide groups is 1. The van der Waals surface area contributed by atoms with E-state index in [4.69, 9.17) is 9.47 Å². The zero-order valence-electron chi connectivity index (χ0n) is 16.9. The highest BCUT2D eigenvalue weighted by atomic mass is 79.9. The van der Waals surface area contributed by atoms with Crippen molar-refractivity contribution in [3.63, 3.8) is 0 Å². The van der Waals surface area contributed by atoms with Crippen LogP contribution < -0.4 is 20.1 Å². The van der Waals surface area contributed by atoms with Crippen molar-refractivity contribution >= 4 is 45.6 Å². The van der Waals surface area contributed by atoms with Gasteiger partial charge in [0.1, 0.15) is 0 Å². The van der Waals surface area contributed by atoms with Gasteiger partial charge in [-0.1, -0.05) is 22.0 Å². The molecule has 1 aliphatic rings. The first kappa shape index (κ1) is 22.8. The number of fused-ring (bicyclic) bond motifs is 1. The van der Waals surface area contributed by atoms with Gasteiger partial charge in [-0.2, -0.15) is 0 Å². The largest absolute Gasteiger partial charge is 0.513 e. The van der Waals surface area contributed by atoms with Crippen LogP contribution in [0.5, 0.6) is 11.5 Å². The van der Waals surface area contributed by atoms with E-state index in [9.17, 15) is 19.2 Å². The van der Waals surface area contributed by atoms with E-state index in [0.29, 0.717) is 16.7 Å². The number of benzene rings is 2. The average molecular weight is 505 g/mol. The summed E-state index contributed by atoms with van der Waals surface area (Å²) in [7, 11) is 2.28. The first-order valence-electron chi connectivity index (χ1n) is 9.06. The van der Waals surface area contributed by atoms with Crippen molar-refractivity contribution in [2.45, 2.75) is 6.54 Å². The zero-order chi connectivity index (χ0) is 23.3. The molecular formula is C21H17BrN2O8. The Morgan fingerprint density at radius 1 is 0.938 bits per heavy atom. The summed E-state index contributed by atoms with van der Waals surface area (Å²) in [5.74, 6) is -1.12. The number of halogens is 1. The van der Waals surface area contributed by atoms with E-state index in [1.165, 1.54) is 18.3 Å². The van der Waals surface area contributed by atoms with E-state index in [2.05, 4.69) is 36.0 Å². The molecule has 0 spiro atoms. The van der Waals surface area contributed by atoms with E-state index in [-0.39, 0.29) is 23.6 Å². The lowest BCUT2D eigenvalue weighted by molar-refractivity contribution is -0.114. The van der Waals surface area contributed by atoms with Gasteiger partial charge in [0.2, 0.25) is 0 Å². The third-order valence-electron chi connectivity index (χ3n) is 4.27. The highest BCUT2D eigenvalue weighted by molar-refractivity contribution is 9.10. The lowest BCUT2D eigenvalue weighted by Gasteiger charge is -2.18. The molecule has 166 valence electrons. The first-order valence-corrected chi connectivity index (χ1v) is 9.85. The van der Waals surface area contributed by atoms with Gasteiger partial charge in [-0.05, 0) is 35.9 Å². The van der Waals surface area contributed by atoms with Crippen LogP contribution in [0.4, 0.5) is 9.59 Å². The second kappa shape index (κ2) is 9.96. The van der Waals surface area contributed by atoms with Gasteiger partial charge in [0.05, 0.1) is 19.8 Å². The number of rotatable bonds is 5. The molecular weight excluding hydrogens is 488 g/mol. The number of hydrogen-bond acceptors (Lipinski definition) is 9. The summed E-state index contributed by atoms with van der Waals surface area (Å²) in [6.07, 6.45) is -0.511. The Morgan fingerprint density at radius 3 is 2.31 bits per heavy atom. The minimum atomic E-state index is -1.00. The number of carbonyl (C=O) groups excluding carboxylic acids is 4. The molecule has 0 fully saturated rings. The van der Waals surface area contributed by atoms with Crippen molar-refractivity contribution in [1.29, 1.82) is 0 Å². The van der Waals surface area contributed by atoms with Gasteiger partial charge in [0.15, 0.2) is 11.5 Å². The SMILES string of the molecule is COC(=O)Oc1ccc(CN/C=C2\C(=O)NC(=O)c3ccc(Br)cc32)cc1OC(=O)OC. The van der Waals surface area contributed by atoms with Crippen molar-refractivity contribution in [3.8, 4) is 11.5 Å². The van der Waals surface area contributed by atoms with E-state index >= 15 is 0 Å². The fourth-order valence-electron chi connectivity index (χ4n) is 2.80. The van der Waals surface area contributed by atoms with Crippen molar-refractivity contribution in [2.75, 3.05) is 14.2 Å². The fraction of sp³-hybridized carbons (Fsp3) is 0.143. The molecule has 0 aromatic heterocycles. The van der Waals surface area contributed by atoms with Crippen LogP contribution >= 0.6 is 15.9 Å². The lowest BCUT2D eigenvalue weighted by Crippen LogP contribution is -2.37. The monoisotopic (exact) mass is 504 g/mol. The molecule has 0 saturated heterocycles. The second-order valence-electron chi connectivity index (χ2n) is 6.31. The van der Waals surface area contributed by atoms with Crippen LogP contribution in [0.25, 0.3) is 5.57 Å². The molecule has 1 aliphatic heterocycles. The summed E-state index contributed by atoms with van der Waals surface area (Å²) in [5, 5.41) is 5.28. The Labute approximate surface area is 190 Å². The van der Waals surface area contributed by atoms with Crippen LogP contribution in [0.1, 0.15) is 21.5 Å². The van der Waals surface area contributed by atoms with E-state index in [0.717, 1.165) is 18.7 Å². The summed E-state index contributed by atoms with van der Waals surface area (Å²) < 4.78 is 19.6. The van der Waals surface area contributed by atoms with Crippen LogP contribution in [0, 0.1) is 0 Å². The number of carbonyl (C=O) groups is 4. The highest BCUT2D eigenvalue weighted by Gasteiger charge is 2.27. The normalized spacial score (nSPS) is 13.7. The predicted octanol–water partition coefficient (Wildman–Crippen LogP) is 3.14. The Balaban J connectivity index is 1.82. The Bertz CT molecular complexity index is 1130. The fourth-order valence-corrected chi connectivity index (χ4v) is 3.16. The van der Waals surface area contributed by atoms with Gasteiger partial charge < -0.3 is 24.3 Å². The second-order valence-corrected chi connectivity index (χ2v) is 7.22. The number of methoxy groups -OCH3 is 2. The minimum absolute atomic E-state index is 0.0479. The predicted molar refractivity (Wildman–Crippen MR) is 114 cm³/mol. The summed E-state index contributed by atoms with van der Waals surface area (Å²) in [4.78, 5) is 47.3. The highest BCUT2D eigenvalue weighted by Crippen LogP contribution is 2.30. The van der Waals surface area contributed by atoms with Gasteiger partial charge >= 0.3 is 12.3 Å². The molecule has 0 bridgehead atoms. The Hall–Kier alpha value is -3.86. The molecule has 0 aliphatic carbocycles. The topological polar surface area (TPSA) is 129 Å². The van der Waals surface area contributed by atoms with E-state index in [1.807, 2.05) is 0 Å². The molecule has 0 unspecified atom stereocenters. The molecule has 2 amide bonds. The number of ether oxygens (including phenoxy) is 4. The minimum Gasteiger partial charge on any atom is -0.437 e. The van der Waals surface area contributed by atoms with E-state index in [1.54, 1.807) is 24.3 Å². The summed E-state index contributed by atoms with van der Waals surface area (Å²) in [6, 6.07) is 9.49. The Morgan fingerprint density at radius 2 is 1.62 bits per heavy atom. The van der Waals surface area contributed by atoms with Gasteiger partial charge in [-0.3, -0.25) is 14.9 Å². The van der Waals surface area contributed by atoms with Crippen LogP contribution in [-0.2, 0) is 20.8 Å². The van der Waals surface area contributed by atoms with Gasteiger partial charge in [0.25, 0.3) is 11.8 Å². The lowest BCUT2D eigenvalue weighted by atomic mass is 9.95. The molecule has 0 saturated carbocycles. The van der Waals surface area contributed by atoms with Crippen molar-refractivity contribution in [1.82, 2.24) is 10.6 Å². The third-order valence-corrected chi connectivity index (χ3v) is 4.76. The molecule has 1 heterocycles. The number of hydrogen-bond donors (Lipinski definition) is 2. The van der Waals surface area contributed by atoms with Crippen molar-refractivity contribution in [3.05, 3.63) is 63.8 Å². The summed E-state index contributed by atoms with van der Waals surface area (Å²) in [6.45, 7) is 0.212. The maximum Gasteiger partial charge on any atom is 0.513 e. The third kappa shape index (κ3) is 5.24. The molecule has 2 aromatic carbocycles. The zero-order valence-corrected chi connectivity index (χ0v) is 18.5. The first-order chi connectivity index (χ1) is 15.3. The van der Waals surface area contributed by atoms with Gasteiger partial charge in [-0.15, -0.1) is 0 Å². The van der Waals surface area contributed by atoms with Gasteiger partial charge in [0, 0.05) is 28.3 Å². The van der Waals surface area contributed by atoms with Crippen molar-refractivity contribution < 1.29 is 38.1 Å². The van der Waals surface area contributed by atoms with Gasteiger partial charge in [-0.25, -0.2) is 9.59 Å². The molecule has 0 radical (unpaired) electrons. The van der Waals surface area contributed by atoms with Crippen LogP contribution in [0.2, 0.25) is 0 Å². The summed E-state index contributed by atoms with van der Waals surface area (Å²) >= 11 is 3.34. The Kier molecular flexibility index (Phi) is 7.11. The smallest absolute Gasteiger partial charge is 0.437 e. The molecule has 2 N–H and O–H groups in total. The van der Waals surface area contributed by atoms with Crippen molar-refractivity contribution in [2.24, 2.45) is 0 Å². The molecule has 3 rings (SSSR count). The number of amides is 2. The average Bonchev–Trinajstić information content (AvgIpc) is 2.77. The maximum atomic E-state index is 12.3. The molecule has 2 aromatic rings. The molecule has 11 heteroatoms. The maximum absolute atomic E-state index is 12.3. The number of nitrogens with one attached hydrogen (secondary N) is 2. The standard InChI is InChI=1S/C21H17BrN2O8/c1-29-20(27)31-16-6-3-11(7-17(16)32-21(28)30-2)9-23-10-15-14-8-12(22)4-5-13(14)18(25)24-19(15)26/h3-8,10,23H,9H2,1-2H3,(H,24,25,26)/b15-10-. The van der Waals surface area contributed by atoms with Crippen LogP contribution in [0.15, 0.2) is 47.1 Å². The van der Waals surface area contributed by atoms with E-state index < -0.39 is 24.1 Å². The quantitative estimate of drug-likeness (QED) is 0.273. The molecule has 32 heavy (non-hydrogen) atoms. The van der Waals surface area contributed by atoms with Crippen LogP contribution in [-0.4, -0.2) is 38.3 Å². The molecule has 10 nitrogen and oxygen atoms in total. The molecule has 0 atom stereocenters. The van der Waals surface area contributed by atoms with Crippen LogP contribution in [0.3, 0.4) is 0 Å².